The van der Waals surface area contributed by atoms with Gasteiger partial charge in [0.05, 0.1) is 12.0 Å². The van der Waals surface area contributed by atoms with E-state index in [4.69, 9.17) is 10.8 Å². The Morgan fingerprint density at radius 1 is 1.08 bits per heavy atom. The standard InChI is InChI=1S/C19H19F4NO2/c1-9-5-13(19(21,22)23)6-10(2)17(9)12-4-11(3)18(20)14(7-12)15(24)8-16(25)26/h4-7,15H,8,24H2,1-3H3,(H,25,26)/t15-/m0/s1. The lowest BCUT2D eigenvalue weighted by Crippen LogP contribution is -2.17. The van der Waals surface area contributed by atoms with Crippen molar-refractivity contribution in [3.8, 4) is 11.1 Å². The number of halogens is 4. The Kier molecular flexibility index (Phi) is 5.41. The highest BCUT2D eigenvalue weighted by Crippen LogP contribution is 2.37. The third-order valence-electron chi connectivity index (χ3n) is 4.23. The van der Waals surface area contributed by atoms with E-state index in [9.17, 15) is 22.4 Å². The van der Waals surface area contributed by atoms with Crippen LogP contribution >= 0.6 is 0 Å². The summed E-state index contributed by atoms with van der Waals surface area (Å²) in [7, 11) is 0. The molecule has 26 heavy (non-hydrogen) atoms. The van der Waals surface area contributed by atoms with Crippen LogP contribution in [0.5, 0.6) is 0 Å². The number of hydrogen-bond acceptors (Lipinski definition) is 2. The van der Waals surface area contributed by atoms with E-state index in [0.717, 1.165) is 12.1 Å². The maximum absolute atomic E-state index is 14.4. The van der Waals surface area contributed by atoms with E-state index >= 15 is 0 Å². The maximum atomic E-state index is 14.4. The molecule has 1 atom stereocenters. The maximum Gasteiger partial charge on any atom is 0.416 e. The van der Waals surface area contributed by atoms with Crippen LogP contribution in [0, 0.1) is 26.6 Å². The van der Waals surface area contributed by atoms with Gasteiger partial charge in [-0.25, -0.2) is 4.39 Å². The Morgan fingerprint density at radius 3 is 2.08 bits per heavy atom. The third-order valence-corrected chi connectivity index (χ3v) is 4.23. The number of hydrogen-bond donors (Lipinski definition) is 2. The fraction of sp³-hybridized carbons (Fsp3) is 0.316. The van der Waals surface area contributed by atoms with Gasteiger partial charge in [-0.2, -0.15) is 13.2 Å². The Hall–Kier alpha value is -2.41. The van der Waals surface area contributed by atoms with Crippen molar-refractivity contribution in [2.45, 2.75) is 39.4 Å². The lowest BCUT2D eigenvalue weighted by molar-refractivity contribution is -0.138. The monoisotopic (exact) mass is 369 g/mol. The van der Waals surface area contributed by atoms with Crippen LogP contribution in [-0.2, 0) is 11.0 Å². The average molecular weight is 369 g/mol. The molecule has 0 bridgehead atoms. The fourth-order valence-electron chi connectivity index (χ4n) is 3.09. The number of aryl methyl sites for hydroxylation is 3. The van der Waals surface area contributed by atoms with Crippen LogP contribution in [0.1, 0.15) is 40.3 Å². The van der Waals surface area contributed by atoms with Crippen LogP contribution in [0.3, 0.4) is 0 Å². The molecule has 2 aromatic carbocycles. The molecule has 0 amide bonds. The van der Waals surface area contributed by atoms with Crippen LogP contribution in [0.25, 0.3) is 11.1 Å². The molecule has 7 heteroatoms. The molecule has 2 rings (SSSR count). The van der Waals surface area contributed by atoms with E-state index in [0.29, 0.717) is 22.3 Å². The van der Waals surface area contributed by atoms with Crippen molar-refractivity contribution in [1.82, 2.24) is 0 Å². The molecule has 0 heterocycles. The van der Waals surface area contributed by atoms with Gasteiger partial charge in [0.15, 0.2) is 0 Å². The highest BCUT2D eigenvalue weighted by Gasteiger charge is 2.31. The lowest BCUT2D eigenvalue weighted by Gasteiger charge is -2.18. The first-order chi connectivity index (χ1) is 11.9. The molecule has 0 saturated heterocycles. The first-order valence-electron chi connectivity index (χ1n) is 7.88. The minimum Gasteiger partial charge on any atom is -0.481 e. The number of aliphatic carboxylic acids is 1. The normalized spacial score (nSPS) is 12.9. The molecular weight excluding hydrogens is 350 g/mol. The number of rotatable bonds is 4. The van der Waals surface area contributed by atoms with Gasteiger partial charge in [-0.05, 0) is 72.9 Å². The SMILES string of the molecule is Cc1cc(-c2c(C)cc(C(F)(F)F)cc2C)cc([C@@H](N)CC(=O)O)c1F. The summed E-state index contributed by atoms with van der Waals surface area (Å²) in [6.45, 7) is 4.60. The number of alkyl halides is 3. The van der Waals surface area contributed by atoms with Gasteiger partial charge in [-0.1, -0.05) is 0 Å². The molecule has 3 N–H and O–H groups in total. The van der Waals surface area contributed by atoms with Gasteiger partial charge in [0.25, 0.3) is 0 Å². The summed E-state index contributed by atoms with van der Waals surface area (Å²) in [4.78, 5) is 10.9. The summed E-state index contributed by atoms with van der Waals surface area (Å²) in [5, 5.41) is 8.88. The molecule has 0 radical (unpaired) electrons. The highest BCUT2D eigenvalue weighted by molar-refractivity contribution is 5.73. The summed E-state index contributed by atoms with van der Waals surface area (Å²) in [5.41, 5.74) is 7.15. The molecule has 0 unspecified atom stereocenters. The predicted molar refractivity (Wildman–Crippen MR) is 90.2 cm³/mol. The number of benzene rings is 2. The summed E-state index contributed by atoms with van der Waals surface area (Å²) in [6, 6.07) is 3.96. The van der Waals surface area contributed by atoms with Crippen molar-refractivity contribution in [3.05, 3.63) is 57.9 Å². The first kappa shape index (κ1) is 19.9. The topological polar surface area (TPSA) is 63.3 Å². The van der Waals surface area contributed by atoms with Crippen LogP contribution in [0.4, 0.5) is 17.6 Å². The van der Waals surface area contributed by atoms with Gasteiger partial charge in [-0.15, -0.1) is 0 Å². The Bertz CT molecular complexity index is 836. The van der Waals surface area contributed by atoms with E-state index in [1.807, 2.05) is 0 Å². The smallest absolute Gasteiger partial charge is 0.416 e. The summed E-state index contributed by atoms with van der Waals surface area (Å²) >= 11 is 0. The zero-order valence-electron chi connectivity index (χ0n) is 14.5. The fourth-order valence-corrected chi connectivity index (χ4v) is 3.09. The summed E-state index contributed by atoms with van der Waals surface area (Å²) < 4.78 is 53.3. The molecule has 0 spiro atoms. The van der Waals surface area contributed by atoms with Gasteiger partial charge >= 0.3 is 12.1 Å². The van der Waals surface area contributed by atoms with E-state index < -0.39 is 36.0 Å². The highest BCUT2D eigenvalue weighted by atomic mass is 19.4. The van der Waals surface area contributed by atoms with Crippen LogP contribution in [-0.4, -0.2) is 11.1 Å². The molecule has 3 nitrogen and oxygen atoms in total. The molecule has 0 fully saturated rings. The molecule has 0 aliphatic heterocycles. The van der Waals surface area contributed by atoms with E-state index in [-0.39, 0.29) is 11.1 Å². The zero-order chi connectivity index (χ0) is 19.8. The van der Waals surface area contributed by atoms with Gasteiger partial charge in [0.2, 0.25) is 0 Å². The van der Waals surface area contributed by atoms with Gasteiger partial charge < -0.3 is 10.8 Å². The van der Waals surface area contributed by atoms with E-state index in [1.165, 1.54) is 19.1 Å². The second-order valence-electron chi connectivity index (χ2n) is 6.38. The van der Waals surface area contributed by atoms with Crippen molar-refractivity contribution in [2.24, 2.45) is 5.73 Å². The number of carboxylic acid groups (broad SMARTS) is 1. The molecule has 0 aliphatic rings. The zero-order valence-corrected chi connectivity index (χ0v) is 14.5. The molecule has 0 aliphatic carbocycles. The molecule has 2 aromatic rings. The number of nitrogens with two attached hydrogens (primary N) is 1. The Balaban J connectivity index is 2.63. The second kappa shape index (κ2) is 7.07. The first-order valence-corrected chi connectivity index (χ1v) is 7.88. The quantitative estimate of drug-likeness (QED) is 0.753. The largest absolute Gasteiger partial charge is 0.481 e. The van der Waals surface area contributed by atoms with Gasteiger partial charge in [-0.3, -0.25) is 4.79 Å². The van der Waals surface area contributed by atoms with Crippen molar-refractivity contribution >= 4 is 5.97 Å². The summed E-state index contributed by atoms with van der Waals surface area (Å²) in [5.74, 6) is -1.77. The Morgan fingerprint density at radius 2 is 1.62 bits per heavy atom. The molecule has 0 saturated carbocycles. The van der Waals surface area contributed by atoms with Gasteiger partial charge in [0.1, 0.15) is 5.82 Å². The third kappa shape index (κ3) is 4.04. The van der Waals surface area contributed by atoms with Crippen molar-refractivity contribution in [2.75, 3.05) is 0 Å². The van der Waals surface area contributed by atoms with E-state index in [1.54, 1.807) is 13.8 Å². The van der Waals surface area contributed by atoms with Crippen LogP contribution in [0.15, 0.2) is 24.3 Å². The minimum absolute atomic E-state index is 0.0288. The minimum atomic E-state index is -4.46. The number of carboxylic acids is 1. The van der Waals surface area contributed by atoms with Crippen molar-refractivity contribution < 1.29 is 27.5 Å². The lowest BCUT2D eigenvalue weighted by atomic mass is 9.89. The van der Waals surface area contributed by atoms with Crippen LogP contribution in [0.2, 0.25) is 0 Å². The van der Waals surface area contributed by atoms with E-state index in [2.05, 4.69) is 0 Å². The predicted octanol–water partition coefficient (Wildman–Crippen LogP) is 4.91. The average Bonchev–Trinajstić information content (AvgIpc) is 2.48. The van der Waals surface area contributed by atoms with Crippen molar-refractivity contribution in [3.63, 3.8) is 0 Å². The number of carbonyl (C=O) groups is 1. The van der Waals surface area contributed by atoms with Gasteiger partial charge in [0, 0.05) is 11.6 Å². The van der Waals surface area contributed by atoms with Crippen molar-refractivity contribution in [1.29, 1.82) is 0 Å². The van der Waals surface area contributed by atoms with Crippen LogP contribution < -0.4 is 5.73 Å². The summed E-state index contributed by atoms with van der Waals surface area (Å²) in [6.07, 6.45) is -4.91. The Labute approximate surface area is 148 Å². The second-order valence-corrected chi connectivity index (χ2v) is 6.38. The molecule has 140 valence electrons. The molecular formula is C19H19F4NO2. The molecule has 0 aromatic heterocycles.